The van der Waals surface area contributed by atoms with Crippen LogP contribution in [-0.2, 0) is 6.42 Å². The van der Waals surface area contributed by atoms with Crippen molar-refractivity contribution in [1.82, 2.24) is 19.9 Å². The molecule has 2 N–H and O–H groups in total. The van der Waals surface area contributed by atoms with Crippen LogP contribution in [0.25, 0.3) is 0 Å². The monoisotopic (exact) mass is 361 g/mol. The third kappa shape index (κ3) is 4.17. The molecule has 0 aliphatic carbocycles. The lowest BCUT2D eigenvalue weighted by Gasteiger charge is -2.09. The first-order valence-electron chi connectivity index (χ1n) is 8.80. The molecular formula is C19H19N7O. The highest BCUT2D eigenvalue weighted by Gasteiger charge is 2.22. The van der Waals surface area contributed by atoms with Crippen molar-refractivity contribution < 1.29 is 4.79 Å². The molecule has 0 saturated carbocycles. The summed E-state index contributed by atoms with van der Waals surface area (Å²) < 4.78 is 0. The lowest BCUT2D eigenvalue weighted by atomic mass is 10.2. The topological polar surface area (TPSA) is 95.7 Å². The van der Waals surface area contributed by atoms with Crippen molar-refractivity contribution in [2.24, 2.45) is 0 Å². The first kappa shape index (κ1) is 16.9. The fourth-order valence-corrected chi connectivity index (χ4v) is 2.49. The Morgan fingerprint density at radius 1 is 1.11 bits per heavy atom. The number of benzene rings is 1. The van der Waals surface area contributed by atoms with Gasteiger partial charge in [-0.25, -0.2) is 4.98 Å². The van der Waals surface area contributed by atoms with Gasteiger partial charge in [0.15, 0.2) is 0 Å². The zero-order valence-corrected chi connectivity index (χ0v) is 14.9. The number of hydrogen-bond donors (Lipinski definition) is 2. The Labute approximate surface area is 156 Å². The number of aryl methyl sites for hydroxylation is 1. The largest absolute Gasteiger partial charge is 0.337 e. The number of carbonyl (C=O) groups excluding carboxylic acids is 1. The molecular weight excluding hydrogens is 342 g/mol. The Balaban J connectivity index is 1.52. The number of hydrogen-bond acceptors (Lipinski definition) is 7. The summed E-state index contributed by atoms with van der Waals surface area (Å²) in [6.45, 7) is 3.91. The predicted octanol–water partition coefficient (Wildman–Crippen LogP) is 2.64. The van der Waals surface area contributed by atoms with Gasteiger partial charge in [0.2, 0.25) is 11.9 Å². The van der Waals surface area contributed by atoms with E-state index in [2.05, 4.69) is 35.5 Å². The van der Waals surface area contributed by atoms with Gasteiger partial charge in [0.25, 0.3) is 5.91 Å². The second-order valence-corrected chi connectivity index (χ2v) is 6.09. The molecule has 1 amide bonds. The van der Waals surface area contributed by atoms with Crippen LogP contribution in [0.1, 0.15) is 23.1 Å². The van der Waals surface area contributed by atoms with Crippen LogP contribution in [0.4, 0.5) is 23.4 Å². The van der Waals surface area contributed by atoms with E-state index >= 15 is 0 Å². The van der Waals surface area contributed by atoms with Crippen LogP contribution >= 0.6 is 0 Å². The molecule has 136 valence electrons. The van der Waals surface area contributed by atoms with Gasteiger partial charge in [-0.05, 0) is 24.3 Å². The van der Waals surface area contributed by atoms with E-state index in [0.717, 1.165) is 18.8 Å². The molecule has 3 aromatic rings. The van der Waals surface area contributed by atoms with E-state index in [0.29, 0.717) is 35.5 Å². The zero-order chi connectivity index (χ0) is 18.6. The number of rotatable bonds is 6. The van der Waals surface area contributed by atoms with Crippen molar-refractivity contribution in [3.05, 3.63) is 60.0 Å². The molecule has 1 aliphatic rings. The molecule has 4 rings (SSSR count). The number of carbonyl (C=O) groups is 1. The minimum atomic E-state index is -0.207. The quantitative estimate of drug-likeness (QED) is 0.652. The lowest BCUT2D eigenvalue weighted by molar-refractivity contribution is 0.102. The summed E-state index contributed by atoms with van der Waals surface area (Å²) >= 11 is 0. The summed E-state index contributed by atoms with van der Waals surface area (Å²) in [6.07, 6.45) is 2.29. The Morgan fingerprint density at radius 2 is 1.93 bits per heavy atom. The Kier molecular flexibility index (Phi) is 4.61. The van der Waals surface area contributed by atoms with Gasteiger partial charge < -0.3 is 15.5 Å². The lowest BCUT2D eigenvalue weighted by Crippen LogP contribution is -2.13. The van der Waals surface area contributed by atoms with Crippen molar-refractivity contribution in [2.75, 3.05) is 28.6 Å². The number of para-hydroxylation sites is 1. The SMILES string of the molecule is CCc1nc(Nc2cc(C(=O)Nc3ccccc3)ccn2)nc(N2CC2)n1. The fourth-order valence-electron chi connectivity index (χ4n) is 2.49. The molecule has 8 heteroatoms. The zero-order valence-electron chi connectivity index (χ0n) is 14.9. The van der Waals surface area contributed by atoms with E-state index in [1.54, 1.807) is 18.3 Å². The first-order valence-corrected chi connectivity index (χ1v) is 8.80. The molecule has 0 unspecified atom stereocenters. The first-order chi connectivity index (χ1) is 13.2. The summed E-state index contributed by atoms with van der Waals surface area (Å²) in [5.41, 5.74) is 1.23. The predicted molar refractivity (Wildman–Crippen MR) is 103 cm³/mol. The van der Waals surface area contributed by atoms with Crippen LogP contribution in [-0.4, -0.2) is 38.9 Å². The summed E-state index contributed by atoms with van der Waals surface area (Å²) in [6, 6.07) is 12.6. The minimum Gasteiger partial charge on any atom is -0.337 e. The molecule has 1 saturated heterocycles. The van der Waals surface area contributed by atoms with Crippen molar-refractivity contribution in [3.63, 3.8) is 0 Å². The van der Waals surface area contributed by atoms with Gasteiger partial charge >= 0.3 is 0 Å². The van der Waals surface area contributed by atoms with Crippen LogP contribution < -0.4 is 15.5 Å². The van der Waals surface area contributed by atoms with Crippen molar-refractivity contribution in [2.45, 2.75) is 13.3 Å². The van der Waals surface area contributed by atoms with Crippen LogP contribution in [0.5, 0.6) is 0 Å². The third-order valence-electron chi connectivity index (χ3n) is 4.01. The summed E-state index contributed by atoms with van der Waals surface area (Å²) in [7, 11) is 0. The van der Waals surface area contributed by atoms with Crippen LogP contribution in [0.3, 0.4) is 0 Å². The second kappa shape index (κ2) is 7.36. The molecule has 1 fully saturated rings. The normalized spacial score (nSPS) is 12.6. The maximum absolute atomic E-state index is 12.5. The van der Waals surface area contributed by atoms with Crippen molar-refractivity contribution in [1.29, 1.82) is 0 Å². The average molecular weight is 361 g/mol. The van der Waals surface area contributed by atoms with E-state index in [1.807, 2.05) is 37.3 Å². The fraction of sp³-hybridized carbons (Fsp3) is 0.211. The maximum Gasteiger partial charge on any atom is 0.255 e. The number of pyridine rings is 1. The van der Waals surface area contributed by atoms with Gasteiger partial charge in [-0.15, -0.1) is 0 Å². The Morgan fingerprint density at radius 3 is 2.67 bits per heavy atom. The van der Waals surface area contributed by atoms with E-state index in [9.17, 15) is 4.79 Å². The highest BCUT2D eigenvalue weighted by atomic mass is 16.1. The average Bonchev–Trinajstić information content (AvgIpc) is 3.54. The molecule has 3 heterocycles. The number of nitrogens with one attached hydrogen (secondary N) is 2. The van der Waals surface area contributed by atoms with Gasteiger partial charge in [0, 0.05) is 37.0 Å². The molecule has 1 aliphatic heterocycles. The molecule has 8 nitrogen and oxygen atoms in total. The highest BCUT2D eigenvalue weighted by Crippen LogP contribution is 2.20. The van der Waals surface area contributed by atoms with E-state index in [1.165, 1.54) is 0 Å². The number of aromatic nitrogens is 4. The summed E-state index contributed by atoms with van der Waals surface area (Å²) in [5, 5.41) is 5.94. The molecule has 0 radical (unpaired) electrons. The van der Waals surface area contributed by atoms with E-state index in [-0.39, 0.29) is 5.91 Å². The minimum absolute atomic E-state index is 0.207. The van der Waals surface area contributed by atoms with Gasteiger partial charge in [-0.1, -0.05) is 25.1 Å². The highest BCUT2D eigenvalue weighted by molar-refractivity contribution is 6.04. The van der Waals surface area contributed by atoms with Crippen molar-refractivity contribution >= 4 is 29.3 Å². The van der Waals surface area contributed by atoms with Gasteiger partial charge in [0.1, 0.15) is 11.6 Å². The van der Waals surface area contributed by atoms with Crippen LogP contribution in [0, 0.1) is 0 Å². The number of amides is 1. The molecule has 0 spiro atoms. The van der Waals surface area contributed by atoms with Crippen molar-refractivity contribution in [3.8, 4) is 0 Å². The van der Waals surface area contributed by atoms with Crippen LogP contribution in [0.2, 0.25) is 0 Å². The van der Waals surface area contributed by atoms with Gasteiger partial charge in [-0.2, -0.15) is 15.0 Å². The Bertz CT molecular complexity index is 957. The molecule has 2 aromatic heterocycles. The smallest absolute Gasteiger partial charge is 0.255 e. The van der Waals surface area contributed by atoms with Crippen LogP contribution in [0.15, 0.2) is 48.7 Å². The summed E-state index contributed by atoms with van der Waals surface area (Å²) in [4.78, 5) is 32.0. The van der Waals surface area contributed by atoms with Gasteiger partial charge in [0.05, 0.1) is 0 Å². The van der Waals surface area contributed by atoms with E-state index in [4.69, 9.17) is 0 Å². The van der Waals surface area contributed by atoms with E-state index < -0.39 is 0 Å². The Hall–Kier alpha value is -3.55. The molecule has 1 aromatic carbocycles. The third-order valence-corrected chi connectivity index (χ3v) is 4.01. The summed E-state index contributed by atoms with van der Waals surface area (Å²) in [5.74, 6) is 2.11. The molecule has 27 heavy (non-hydrogen) atoms. The maximum atomic E-state index is 12.5. The number of anilines is 4. The molecule has 0 bridgehead atoms. The molecule has 0 atom stereocenters. The standard InChI is InChI=1S/C19H19N7O/c1-2-15-22-18(25-19(24-15)26-10-11-26)23-16-12-13(8-9-20-16)17(27)21-14-6-4-3-5-7-14/h3-9,12H,2,10-11H2,1H3,(H,21,27)(H,20,22,23,24,25). The second-order valence-electron chi connectivity index (χ2n) is 6.09. The number of nitrogens with zero attached hydrogens (tertiary/aromatic N) is 5. The van der Waals surface area contributed by atoms with Gasteiger partial charge in [-0.3, -0.25) is 4.79 Å².